The Bertz CT molecular complexity index is 838. The van der Waals surface area contributed by atoms with Gasteiger partial charge in [0.2, 0.25) is 5.91 Å². The van der Waals surface area contributed by atoms with Crippen molar-refractivity contribution in [1.29, 1.82) is 0 Å². The highest BCUT2D eigenvalue weighted by molar-refractivity contribution is 5.79. The summed E-state index contributed by atoms with van der Waals surface area (Å²) in [6.45, 7) is 5.50. The van der Waals surface area contributed by atoms with Crippen LogP contribution in [0.3, 0.4) is 0 Å². The monoisotopic (exact) mass is 408 g/mol. The lowest BCUT2D eigenvalue weighted by atomic mass is 10.1. The van der Waals surface area contributed by atoms with Gasteiger partial charge in [-0.05, 0) is 36.5 Å². The van der Waals surface area contributed by atoms with E-state index in [2.05, 4.69) is 33.8 Å². The van der Waals surface area contributed by atoms with Crippen molar-refractivity contribution < 1.29 is 9.90 Å². The predicted octanol–water partition coefficient (Wildman–Crippen LogP) is 2.99. The Labute approximate surface area is 179 Å². The first-order chi connectivity index (χ1) is 14.7. The molecule has 1 atom stereocenters. The number of nitrogens with one attached hydrogen (secondary N) is 2. The number of likely N-dealkylation sites (tertiary alicyclic amines) is 1. The fraction of sp³-hybridized carbons (Fsp3) is 0.417. The lowest BCUT2D eigenvalue weighted by molar-refractivity contribution is -0.128. The zero-order valence-corrected chi connectivity index (χ0v) is 17.7. The molecule has 1 amide bonds. The Hall–Kier alpha value is -2.86. The molecule has 1 saturated heterocycles. The van der Waals surface area contributed by atoms with Gasteiger partial charge in [-0.1, -0.05) is 54.6 Å². The highest BCUT2D eigenvalue weighted by Crippen LogP contribution is 2.16. The number of carbonyl (C=O) groups is 1. The van der Waals surface area contributed by atoms with Gasteiger partial charge in [-0.25, -0.2) is 4.99 Å². The van der Waals surface area contributed by atoms with Gasteiger partial charge in [0.05, 0.1) is 12.6 Å². The van der Waals surface area contributed by atoms with Crippen molar-refractivity contribution in [1.82, 2.24) is 15.5 Å². The van der Waals surface area contributed by atoms with Gasteiger partial charge >= 0.3 is 0 Å². The van der Waals surface area contributed by atoms with Gasteiger partial charge in [-0.2, -0.15) is 0 Å². The summed E-state index contributed by atoms with van der Waals surface area (Å²) in [5.74, 6) is 0.979. The first-order valence-electron chi connectivity index (χ1n) is 10.8. The summed E-state index contributed by atoms with van der Waals surface area (Å²) in [7, 11) is 0. The highest BCUT2D eigenvalue weighted by Gasteiger charge is 2.19. The van der Waals surface area contributed by atoms with E-state index in [-0.39, 0.29) is 5.91 Å². The highest BCUT2D eigenvalue weighted by atomic mass is 16.3. The summed E-state index contributed by atoms with van der Waals surface area (Å²) >= 11 is 0. The molecule has 1 heterocycles. The average Bonchev–Trinajstić information content (AvgIpc) is 3.17. The topological polar surface area (TPSA) is 77.0 Å². The van der Waals surface area contributed by atoms with E-state index in [9.17, 15) is 9.90 Å². The van der Waals surface area contributed by atoms with Crippen LogP contribution in [0.1, 0.15) is 49.0 Å². The van der Waals surface area contributed by atoms with Crippen LogP contribution in [0.4, 0.5) is 0 Å². The Morgan fingerprint density at radius 1 is 1.13 bits per heavy atom. The summed E-state index contributed by atoms with van der Waals surface area (Å²) in [4.78, 5) is 18.5. The molecule has 0 saturated carbocycles. The second-order valence-corrected chi connectivity index (χ2v) is 7.58. The number of hydrogen-bond acceptors (Lipinski definition) is 3. The van der Waals surface area contributed by atoms with E-state index in [0.717, 1.165) is 42.2 Å². The number of aliphatic hydroxyl groups is 1. The predicted molar refractivity (Wildman–Crippen MR) is 120 cm³/mol. The van der Waals surface area contributed by atoms with Gasteiger partial charge in [0.15, 0.2) is 5.96 Å². The minimum atomic E-state index is -0.494. The van der Waals surface area contributed by atoms with Crippen molar-refractivity contribution in [3.63, 3.8) is 0 Å². The minimum Gasteiger partial charge on any atom is -0.388 e. The van der Waals surface area contributed by atoms with Crippen molar-refractivity contribution >= 4 is 11.9 Å². The molecule has 3 rings (SSSR count). The lowest BCUT2D eigenvalue weighted by Crippen LogP contribution is -2.38. The van der Waals surface area contributed by atoms with Crippen LogP contribution in [0.2, 0.25) is 0 Å². The molecule has 6 heteroatoms. The molecule has 0 aromatic heterocycles. The molecule has 0 radical (unpaired) electrons. The first kappa shape index (κ1) is 21.8. The van der Waals surface area contributed by atoms with E-state index in [1.165, 1.54) is 0 Å². The van der Waals surface area contributed by atoms with Crippen molar-refractivity contribution in [3.8, 4) is 0 Å². The Balaban J connectivity index is 1.52. The fourth-order valence-corrected chi connectivity index (χ4v) is 3.60. The molecule has 1 fully saturated rings. The van der Waals surface area contributed by atoms with E-state index in [4.69, 9.17) is 0 Å². The maximum absolute atomic E-state index is 11.9. The second-order valence-electron chi connectivity index (χ2n) is 7.58. The van der Waals surface area contributed by atoms with Crippen LogP contribution in [-0.2, 0) is 17.9 Å². The van der Waals surface area contributed by atoms with Crippen LogP contribution in [0.25, 0.3) is 0 Å². The molecule has 2 aromatic carbocycles. The van der Waals surface area contributed by atoms with Crippen LogP contribution >= 0.6 is 0 Å². The van der Waals surface area contributed by atoms with Gasteiger partial charge in [-0.3, -0.25) is 4.79 Å². The molecular weight excluding hydrogens is 376 g/mol. The van der Waals surface area contributed by atoms with Crippen LogP contribution in [0, 0.1) is 0 Å². The summed E-state index contributed by atoms with van der Waals surface area (Å²) in [5.41, 5.74) is 3.18. The molecule has 6 nitrogen and oxygen atoms in total. The maximum atomic E-state index is 11.9. The molecule has 3 N–H and O–H groups in total. The Kier molecular flexibility index (Phi) is 8.27. The number of guanidine groups is 1. The minimum absolute atomic E-state index is 0.245. The van der Waals surface area contributed by atoms with Gasteiger partial charge in [0.25, 0.3) is 0 Å². The molecule has 30 heavy (non-hydrogen) atoms. The summed E-state index contributed by atoms with van der Waals surface area (Å²) in [6, 6.07) is 18.0. The maximum Gasteiger partial charge on any atom is 0.222 e. The number of aliphatic hydroxyl groups excluding tert-OH is 1. The molecule has 0 spiro atoms. The van der Waals surface area contributed by atoms with Gasteiger partial charge in [-0.15, -0.1) is 0 Å². The third-order valence-corrected chi connectivity index (χ3v) is 5.19. The van der Waals surface area contributed by atoms with Crippen molar-refractivity contribution in [3.05, 3.63) is 71.3 Å². The van der Waals surface area contributed by atoms with Crippen molar-refractivity contribution in [2.75, 3.05) is 19.6 Å². The Morgan fingerprint density at radius 3 is 2.67 bits per heavy atom. The third kappa shape index (κ3) is 6.59. The van der Waals surface area contributed by atoms with Crippen LogP contribution < -0.4 is 10.6 Å². The van der Waals surface area contributed by atoms with Crippen LogP contribution in [0.5, 0.6) is 0 Å². The normalized spacial score (nSPS) is 15.3. The number of nitrogens with zero attached hydrogens (tertiary/aromatic N) is 2. The fourth-order valence-electron chi connectivity index (χ4n) is 3.60. The zero-order chi connectivity index (χ0) is 21.2. The number of aliphatic imine (C=N–C) groups is 1. The van der Waals surface area contributed by atoms with Crippen LogP contribution in [0.15, 0.2) is 59.6 Å². The van der Waals surface area contributed by atoms with E-state index in [0.29, 0.717) is 32.5 Å². The number of carbonyl (C=O) groups excluding carboxylic acids is 1. The quantitative estimate of drug-likeness (QED) is 0.440. The molecule has 0 aliphatic carbocycles. The van der Waals surface area contributed by atoms with E-state index < -0.39 is 6.10 Å². The summed E-state index contributed by atoms with van der Waals surface area (Å²) in [5, 5.41) is 16.9. The second kappa shape index (κ2) is 11.4. The average molecular weight is 409 g/mol. The largest absolute Gasteiger partial charge is 0.388 e. The Morgan fingerprint density at radius 2 is 1.93 bits per heavy atom. The van der Waals surface area contributed by atoms with Gasteiger partial charge in [0.1, 0.15) is 0 Å². The smallest absolute Gasteiger partial charge is 0.222 e. The molecule has 1 unspecified atom stereocenters. The van der Waals surface area contributed by atoms with Crippen LogP contribution in [-0.4, -0.2) is 41.5 Å². The van der Waals surface area contributed by atoms with Crippen molar-refractivity contribution in [2.45, 2.75) is 45.4 Å². The number of benzene rings is 2. The molecule has 0 bridgehead atoms. The molecular formula is C24H32N4O2. The van der Waals surface area contributed by atoms with Crippen molar-refractivity contribution in [2.24, 2.45) is 4.99 Å². The molecule has 2 aromatic rings. The standard InChI is InChI=1S/C24H32N4O2/c1-2-25-24(26-14-13-22(29)21-10-4-3-5-11-21)27-17-19-8-6-9-20(16-19)18-28-15-7-12-23(28)30/h3-6,8-11,16,22,29H,2,7,12-15,17-18H2,1H3,(H2,25,26,27). The zero-order valence-electron chi connectivity index (χ0n) is 17.7. The van der Waals surface area contributed by atoms with E-state index in [1.54, 1.807) is 0 Å². The van der Waals surface area contributed by atoms with Gasteiger partial charge < -0.3 is 20.6 Å². The molecule has 1 aliphatic rings. The first-order valence-corrected chi connectivity index (χ1v) is 10.8. The molecule has 1 aliphatic heterocycles. The van der Waals surface area contributed by atoms with E-state index in [1.807, 2.05) is 48.2 Å². The van der Waals surface area contributed by atoms with E-state index >= 15 is 0 Å². The van der Waals surface area contributed by atoms with Gasteiger partial charge in [0, 0.05) is 32.6 Å². The lowest BCUT2D eigenvalue weighted by Gasteiger charge is -2.16. The number of amides is 1. The number of rotatable bonds is 9. The summed E-state index contributed by atoms with van der Waals surface area (Å²) < 4.78 is 0. The third-order valence-electron chi connectivity index (χ3n) is 5.19. The molecule has 160 valence electrons. The summed E-state index contributed by atoms with van der Waals surface area (Å²) in [6.07, 6.45) is 1.74. The SMILES string of the molecule is CCNC(=NCc1cccc(CN2CCCC2=O)c1)NCCC(O)c1ccccc1. The number of hydrogen-bond donors (Lipinski definition) is 3.